The van der Waals surface area contributed by atoms with Crippen LogP contribution in [-0.2, 0) is 0 Å². The molecule has 0 saturated carbocycles. The van der Waals surface area contributed by atoms with Gasteiger partial charge in [-0.2, -0.15) is 0 Å². The number of nitrogens with zero attached hydrogens (tertiary/aromatic N) is 1. The van der Waals surface area contributed by atoms with E-state index in [1.54, 1.807) is 13.1 Å². The molecular weight excluding hydrogens is 154 g/mol. The Hall–Kier alpha value is -1.51. The minimum absolute atomic E-state index is 0.652. The van der Waals surface area contributed by atoms with E-state index < -0.39 is 0 Å². The highest BCUT2D eigenvalue weighted by Gasteiger charge is 2.06. The first-order chi connectivity index (χ1) is 5.75. The van der Waals surface area contributed by atoms with Gasteiger partial charge in [0.1, 0.15) is 5.76 Å². The zero-order chi connectivity index (χ0) is 8.55. The van der Waals surface area contributed by atoms with Crippen molar-refractivity contribution in [3.8, 4) is 11.5 Å². The summed E-state index contributed by atoms with van der Waals surface area (Å²) in [5.41, 5.74) is 0. The molecule has 0 aliphatic heterocycles. The molecule has 62 valence electrons. The van der Waals surface area contributed by atoms with Crippen molar-refractivity contribution in [2.45, 2.75) is 13.8 Å². The molecule has 3 heteroatoms. The summed E-state index contributed by atoms with van der Waals surface area (Å²) in [6.07, 6.45) is 1.66. The minimum Gasteiger partial charge on any atom is -0.458 e. The van der Waals surface area contributed by atoms with Crippen molar-refractivity contribution in [2.24, 2.45) is 0 Å². The number of oxazole rings is 1. The predicted octanol–water partition coefficient (Wildman–Crippen LogP) is 2.55. The molecular formula is C9H9NO2. The first kappa shape index (κ1) is 7.16. The summed E-state index contributed by atoms with van der Waals surface area (Å²) >= 11 is 0. The second-order valence-corrected chi connectivity index (χ2v) is 2.65. The largest absolute Gasteiger partial charge is 0.458 e. The van der Waals surface area contributed by atoms with E-state index in [0.29, 0.717) is 11.7 Å². The van der Waals surface area contributed by atoms with Crippen LogP contribution in [0.5, 0.6) is 0 Å². The molecule has 0 amide bonds. The van der Waals surface area contributed by atoms with Crippen LogP contribution in [0.1, 0.15) is 11.7 Å². The average Bonchev–Trinajstić information content (AvgIpc) is 2.58. The summed E-state index contributed by atoms with van der Waals surface area (Å²) in [5, 5.41) is 0. The van der Waals surface area contributed by atoms with E-state index in [0.717, 1.165) is 11.5 Å². The maximum Gasteiger partial charge on any atom is 0.191 e. The van der Waals surface area contributed by atoms with Crippen LogP contribution in [-0.4, -0.2) is 4.98 Å². The van der Waals surface area contributed by atoms with Crippen molar-refractivity contribution in [2.75, 3.05) is 0 Å². The zero-order valence-corrected chi connectivity index (χ0v) is 7.00. The lowest BCUT2D eigenvalue weighted by molar-refractivity contribution is 0.489. The number of furan rings is 1. The highest BCUT2D eigenvalue weighted by Crippen LogP contribution is 2.21. The van der Waals surface area contributed by atoms with Crippen molar-refractivity contribution in [3.05, 3.63) is 30.0 Å². The standard InChI is InChI=1S/C9H9NO2/c1-6-3-4-8(11-6)9-5-10-7(2)12-9/h3-5H,1-2H3. The van der Waals surface area contributed by atoms with Gasteiger partial charge in [0.05, 0.1) is 6.20 Å². The minimum atomic E-state index is 0.652. The summed E-state index contributed by atoms with van der Waals surface area (Å²) in [6, 6.07) is 3.77. The van der Waals surface area contributed by atoms with E-state index >= 15 is 0 Å². The Bertz CT molecular complexity index is 348. The van der Waals surface area contributed by atoms with Crippen LogP contribution < -0.4 is 0 Å². The van der Waals surface area contributed by atoms with E-state index in [2.05, 4.69) is 4.98 Å². The van der Waals surface area contributed by atoms with Crippen molar-refractivity contribution < 1.29 is 8.83 Å². The van der Waals surface area contributed by atoms with Crippen molar-refractivity contribution in [1.29, 1.82) is 0 Å². The van der Waals surface area contributed by atoms with Crippen LogP contribution >= 0.6 is 0 Å². The molecule has 2 rings (SSSR count). The fraction of sp³-hybridized carbons (Fsp3) is 0.222. The number of aryl methyl sites for hydroxylation is 2. The van der Waals surface area contributed by atoms with Crippen molar-refractivity contribution in [1.82, 2.24) is 4.98 Å². The Kier molecular flexibility index (Phi) is 1.50. The summed E-state index contributed by atoms with van der Waals surface area (Å²) in [5.74, 6) is 2.94. The molecule has 2 heterocycles. The smallest absolute Gasteiger partial charge is 0.191 e. The van der Waals surface area contributed by atoms with Gasteiger partial charge in [-0.25, -0.2) is 4.98 Å². The fourth-order valence-electron chi connectivity index (χ4n) is 1.04. The van der Waals surface area contributed by atoms with Crippen LogP contribution in [0, 0.1) is 13.8 Å². The van der Waals surface area contributed by atoms with E-state index in [1.165, 1.54) is 0 Å². The predicted molar refractivity (Wildman–Crippen MR) is 43.7 cm³/mol. The zero-order valence-electron chi connectivity index (χ0n) is 7.00. The first-order valence-electron chi connectivity index (χ1n) is 3.75. The van der Waals surface area contributed by atoms with Gasteiger partial charge in [-0.15, -0.1) is 0 Å². The Morgan fingerprint density at radius 1 is 1.08 bits per heavy atom. The number of rotatable bonds is 1. The van der Waals surface area contributed by atoms with E-state index in [9.17, 15) is 0 Å². The third-order valence-electron chi connectivity index (χ3n) is 1.60. The number of hydrogen-bond donors (Lipinski definition) is 0. The molecule has 0 aliphatic rings. The van der Waals surface area contributed by atoms with Crippen LogP contribution in [0.4, 0.5) is 0 Å². The molecule has 12 heavy (non-hydrogen) atoms. The molecule has 0 N–H and O–H groups in total. The van der Waals surface area contributed by atoms with Gasteiger partial charge in [0.2, 0.25) is 0 Å². The Balaban J connectivity index is 2.43. The summed E-state index contributed by atoms with van der Waals surface area (Å²) in [4.78, 5) is 3.98. The monoisotopic (exact) mass is 163 g/mol. The highest BCUT2D eigenvalue weighted by atomic mass is 16.4. The summed E-state index contributed by atoms with van der Waals surface area (Å²) in [7, 11) is 0. The van der Waals surface area contributed by atoms with Crippen molar-refractivity contribution in [3.63, 3.8) is 0 Å². The van der Waals surface area contributed by atoms with Gasteiger partial charge in [-0.1, -0.05) is 0 Å². The molecule has 0 spiro atoms. The second kappa shape index (κ2) is 2.52. The van der Waals surface area contributed by atoms with Crippen LogP contribution in [0.25, 0.3) is 11.5 Å². The average molecular weight is 163 g/mol. The molecule has 0 aliphatic carbocycles. The lowest BCUT2D eigenvalue weighted by atomic mass is 10.4. The Morgan fingerprint density at radius 3 is 2.42 bits per heavy atom. The van der Waals surface area contributed by atoms with E-state index in [-0.39, 0.29) is 0 Å². The molecule has 0 saturated heterocycles. The number of hydrogen-bond acceptors (Lipinski definition) is 3. The Morgan fingerprint density at radius 2 is 1.92 bits per heavy atom. The molecule has 0 unspecified atom stereocenters. The molecule has 2 aromatic rings. The molecule has 0 radical (unpaired) electrons. The van der Waals surface area contributed by atoms with Gasteiger partial charge in [-0.05, 0) is 19.1 Å². The van der Waals surface area contributed by atoms with Gasteiger partial charge in [0, 0.05) is 6.92 Å². The second-order valence-electron chi connectivity index (χ2n) is 2.65. The fourth-order valence-corrected chi connectivity index (χ4v) is 1.04. The van der Waals surface area contributed by atoms with E-state index in [1.807, 2.05) is 19.1 Å². The third-order valence-corrected chi connectivity index (χ3v) is 1.60. The molecule has 0 atom stereocenters. The van der Waals surface area contributed by atoms with Gasteiger partial charge in [0.25, 0.3) is 0 Å². The third kappa shape index (κ3) is 1.13. The van der Waals surface area contributed by atoms with Crippen LogP contribution in [0.3, 0.4) is 0 Å². The maximum absolute atomic E-state index is 5.35. The Labute approximate surface area is 70.0 Å². The number of aromatic nitrogens is 1. The normalized spacial score (nSPS) is 10.5. The van der Waals surface area contributed by atoms with Crippen molar-refractivity contribution >= 4 is 0 Å². The molecule has 0 fully saturated rings. The quantitative estimate of drug-likeness (QED) is 0.648. The molecule has 0 bridgehead atoms. The van der Waals surface area contributed by atoms with Crippen LogP contribution in [0.2, 0.25) is 0 Å². The lowest BCUT2D eigenvalue weighted by Crippen LogP contribution is -1.64. The molecule has 3 nitrogen and oxygen atoms in total. The SMILES string of the molecule is Cc1ccc(-c2cnc(C)o2)o1. The van der Waals surface area contributed by atoms with Crippen LogP contribution in [0.15, 0.2) is 27.2 Å². The van der Waals surface area contributed by atoms with Gasteiger partial charge < -0.3 is 8.83 Å². The van der Waals surface area contributed by atoms with Gasteiger partial charge >= 0.3 is 0 Å². The maximum atomic E-state index is 5.35. The highest BCUT2D eigenvalue weighted by molar-refractivity contribution is 5.48. The lowest BCUT2D eigenvalue weighted by Gasteiger charge is -1.86. The summed E-state index contributed by atoms with van der Waals surface area (Å²) < 4.78 is 10.6. The van der Waals surface area contributed by atoms with E-state index in [4.69, 9.17) is 8.83 Å². The topological polar surface area (TPSA) is 39.2 Å². The van der Waals surface area contributed by atoms with Gasteiger partial charge in [0.15, 0.2) is 17.4 Å². The molecule has 0 aromatic carbocycles. The van der Waals surface area contributed by atoms with Gasteiger partial charge in [-0.3, -0.25) is 0 Å². The first-order valence-corrected chi connectivity index (χ1v) is 3.75. The molecule has 2 aromatic heterocycles. The summed E-state index contributed by atoms with van der Waals surface area (Å²) in [6.45, 7) is 3.70.